The molecule has 0 unspecified atom stereocenters. The van der Waals surface area contributed by atoms with Gasteiger partial charge in [0.25, 0.3) is 10.0 Å². The Kier molecular flexibility index (Phi) is 3.01. The minimum atomic E-state index is -3.43. The molecule has 1 saturated heterocycles. The SMILES string of the molecule is CCn1cncc1S(=O)(=O)N1CC(C)(OC)C1. The predicted octanol–water partition coefficient (Wildman–Crippen LogP) is 0.312. The molecule has 0 spiro atoms. The number of methoxy groups -OCH3 is 1. The maximum absolute atomic E-state index is 12.3. The highest BCUT2D eigenvalue weighted by Gasteiger charge is 2.46. The second kappa shape index (κ2) is 4.08. The highest BCUT2D eigenvalue weighted by molar-refractivity contribution is 7.89. The molecule has 0 bridgehead atoms. The summed E-state index contributed by atoms with van der Waals surface area (Å²) >= 11 is 0. The Morgan fingerprint density at radius 3 is 2.71 bits per heavy atom. The number of ether oxygens (including phenoxy) is 1. The van der Waals surface area contributed by atoms with E-state index in [0.717, 1.165) is 0 Å². The van der Waals surface area contributed by atoms with Gasteiger partial charge in [0.1, 0.15) is 0 Å². The lowest BCUT2D eigenvalue weighted by Gasteiger charge is -2.45. The number of rotatable bonds is 4. The van der Waals surface area contributed by atoms with Crippen LogP contribution in [0.15, 0.2) is 17.6 Å². The zero-order valence-electron chi connectivity index (χ0n) is 10.3. The van der Waals surface area contributed by atoms with Gasteiger partial charge in [-0.2, -0.15) is 4.31 Å². The van der Waals surface area contributed by atoms with E-state index in [-0.39, 0.29) is 10.6 Å². The van der Waals surface area contributed by atoms with Crippen molar-refractivity contribution in [3.63, 3.8) is 0 Å². The molecule has 6 nitrogen and oxygen atoms in total. The number of nitrogens with zero attached hydrogens (tertiary/aromatic N) is 3. The van der Waals surface area contributed by atoms with E-state index in [1.54, 1.807) is 11.7 Å². The molecule has 0 atom stereocenters. The summed E-state index contributed by atoms with van der Waals surface area (Å²) in [4.78, 5) is 3.88. The van der Waals surface area contributed by atoms with E-state index >= 15 is 0 Å². The van der Waals surface area contributed by atoms with Gasteiger partial charge in [-0.1, -0.05) is 0 Å². The van der Waals surface area contributed by atoms with Gasteiger partial charge in [-0.25, -0.2) is 13.4 Å². The minimum Gasteiger partial charge on any atom is -0.376 e. The Bertz CT molecular complexity index is 503. The lowest BCUT2D eigenvalue weighted by atomic mass is 10.0. The summed E-state index contributed by atoms with van der Waals surface area (Å²) in [6.45, 7) is 5.15. The highest BCUT2D eigenvalue weighted by atomic mass is 32.2. The van der Waals surface area contributed by atoms with Crippen LogP contribution in [-0.2, 0) is 21.3 Å². The fourth-order valence-electron chi connectivity index (χ4n) is 1.89. The first-order valence-electron chi connectivity index (χ1n) is 5.48. The normalized spacial score (nSPS) is 20.2. The summed E-state index contributed by atoms with van der Waals surface area (Å²) in [5, 5.41) is 0.248. The molecule has 1 aromatic rings. The maximum atomic E-state index is 12.3. The first-order chi connectivity index (χ1) is 7.93. The molecule has 1 fully saturated rings. The second-order valence-corrected chi connectivity index (χ2v) is 6.33. The van der Waals surface area contributed by atoms with Crippen molar-refractivity contribution in [2.75, 3.05) is 20.2 Å². The van der Waals surface area contributed by atoms with Crippen molar-refractivity contribution >= 4 is 10.0 Å². The Morgan fingerprint density at radius 1 is 1.53 bits per heavy atom. The van der Waals surface area contributed by atoms with Crippen LogP contribution in [0.5, 0.6) is 0 Å². The van der Waals surface area contributed by atoms with E-state index in [1.165, 1.54) is 16.8 Å². The minimum absolute atomic E-state index is 0.248. The highest BCUT2D eigenvalue weighted by Crippen LogP contribution is 2.29. The molecular weight excluding hydrogens is 242 g/mol. The van der Waals surface area contributed by atoms with E-state index in [1.807, 2.05) is 13.8 Å². The number of aryl methyl sites for hydroxylation is 1. The summed E-state index contributed by atoms with van der Waals surface area (Å²) in [7, 11) is -1.83. The molecule has 1 aliphatic heterocycles. The van der Waals surface area contributed by atoms with Gasteiger partial charge in [-0.3, -0.25) is 0 Å². The maximum Gasteiger partial charge on any atom is 0.260 e. The number of aromatic nitrogens is 2. The fraction of sp³-hybridized carbons (Fsp3) is 0.700. The van der Waals surface area contributed by atoms with E-state index < -0.39 is 10.0 Å². The quantitative estimate of drug-likeness (QED) is 0.780. The van der Waals surface area contributed by atoms with Gasteiger partial charge in [-0.05, 0) is 13.8 Å². The van der Waals surface area contributed by atoms with Crippen molar-refractivity contribution in [2.24, 2.45) is 0 Å². The molecule has 2 heterocycles. The van der Waals surface area contributed by atoms with Gasteiger partial charge in [0, 0.05) is 26.7 Å². The lowest BCUT2D eigenvalue weighted by Crippen LogP contribution is -2.62. The van der Waals surface area contributed by atoms with Crippen LogP contribution in [0.3, 0.4) is 0 Å². The molecule has 0 amide bonds. The van der Waals surface area contributed by atoms with Gasteiger partial charge in [0.2, 0.25) is 0 Å². The van der Waals surface area contributed by atoms with E-state index in [0.29, 0.717) is 19.6 Å². The summed E-state index contributed by atoms with van der Waals surface area (Å²) in [5.41, 5.74) is -0.357. The van der Waals surface area contributed by atoms with Crippen molar-refractivity contribution in [3.05, 3.63) is 12.5 Å². The molecule has 0 aliphatic carbocycles. The first kappa shape index (κ1) is 12.5. The Labute approximate surface area is 101 Å². The fourth-order valence-corrected chi connectivity index (χ4v) is 3.71. The van der Waals surface area contributed by atoms with E-state index in [2.05, 4.69) is 4.98 Å². The summed E-state index contributed by atoms with van der Waals surface area (Å²) in [6, 6.07) is 0. The molecule has 1 aliphatic rings. The van der Waals surface area contributed by atoms with Crippen LogP contribution in [0.4, 0.5) is 0 Å². The molecule has 0 aromatic carbocycles. The van der Waals surface area contributed by atoms with Gasteiger partial charge < -0.3 is 9.30 Å². The summed E-state index contributed by atoms with van der Waals surface area (Å²) < 4.78 is 32.8. The van der Waals surface area contributed by atoms with Crippen molar-refractivity contribution in [1.29, 1.82) is 0 Å². The molecule has 96 valence electrons. The van der Waals surface area contributed by atoms with Crippen LogP contribution < -0.4 is 0 Å². The summed E-state index contributed by atoms with van der Waals surface area (Å²) in [5.74, 6) is 0. The van der Waals surface area contributed by atoms with Crippen LogP contribution in [-0.4, -0.2) is 48.1 Å². The second-order valence-electron chi connectivity index (χ2n) is 4.45. The topological polar surface area (TPSA) is 64.4 Å². The molecule has 2 rings (SSSR count). The number of sulfonamides is 1. The largest absolute Gasteiger partial charge is 0.376 e. The van der Waals surface area contributed by atoms with Gasteiger partial charge in [0.05, 0.1) is 18.1 Å². The molecule has 1 aromatic heterocycles. The van der Waals surface area contributed by atoms with Crippen LogP contribution in [0.25, 0.3) is 0 Å². The van der Waals surface area contributed by atoms with Crippen molar-refractivity contribution < 1.29 is 13.2 Å². The average molecular weight is 259 g/mol. The van der Waals surface area contributed by atoms with E-state index in [9.17, 15) is 8.42 Å². The number of hydrogen-bond acceptors (Lipinski definition) is 4. The van der Waals surface area contributed by atoms with Crippen molar-refractivity contribution in [3.8, 4) is 0 Å². The Balaban J connectivity index is 2.22. The summed E-state index contributed by atoms with van der Waals surface area (Å²) in [6.07, 6.45) is 2.92. The van der Waals surface area contributed by atoms with Crippen LogP contribution >= 0.6 is 0 Å². The molecule has 17 heavy (non-hydrogen) atoms. The molecular formula is C10H17N3O3S. The molecule has 0 N–H and O–H groups in total. The van der Waals surface area contributed by atoms with Crippen LogP contribution in [0, 0.1) is 0 Å². The average Bonchev–Trinajstić information content (AvgIpc) is 2.73. The van der Waals surface area contributed by atoms with Gasteiger partial charge in [-0.15, -0.1) is 0 Å². The predicted molar refractivity (Wildman–Crippen MR) is 62.1 cm³/mol. The molecule has 0 saturated carbocycles. The Hall–Kier alpha value is -0.920. The standard InChI is InChI=1S/C10H17N3O3S/c1-4-12-8-11-5-9(12)17(14,15)13-6-10(2,7-13)16-3/h5,8H,4,6-7H2,1-3H3. The smallest absolute Gasteiger partial charge is 0.260 e. The third-order valence-corrected chi connectivity index (χ3v) is 4.94. The van der Waals surface area contributed by atoms with Crippen molar-refractivity contribution in [2.45, 2.75) is 31.0 Å². The zero-order valence-corrected chi connectivity index (χ0v) is 11.1. The lowest BCUT2D eigenvalue weighted by molar-refractivity contribution is -0.0769. The number of hydrogen-bond donors (Lipinski definition) is 0. The monoisotopic (exact) mass is 259 g/mol. The zero-order chi connectivity index (χ0) is 12.7. The van der Waals surface area contributed by atoms with Crippen molar-refractivity contribution in [1.82, 2.24) is 13.9 Å². The third kappa shape index (κ3) is 1.98. The number of imidazole rings is 1. The van der Waals surface area contributed by atoms with Crippen LogP contribution in [0.1, 0.15) is 13.8 Å². The first-order valence-corrected chi connectivity index (χ1v) is 6.92. The van der Waals surface area contributed by atoms with Gasteiger partial charge >= 0.3 is 0 Å². The van der Waals surface area contributed by atoms with Crippen LogP contribution in [0.2, 0.25) is 0 Å². The molecule has 7 heteroatoms. The third-order valence-electron chi connectivity index (χ3n) is 3.13. The van der Waals surface area contributed by atoms with E-state index in [4.69, 9.17) is 4.74 Å². The molecule has 0 radical (unpaired) electrons. The van der Waals surface area contributed by atoms with Gasteiger partial charge in [0.15, 0.2) is 5.03 Å². The Morgan fingerprint density at radius 2 is 2.18 bits per heavy atom.